The first kappa shape index (κ1) is 28.6. The number of aromatic amines is 1. The molecule has 0 saturated carbocycles. The lowest BCUT2D eigenvalue weighted by molar-refractivity contribution is -0.130. The molecule has 0 spiro atoms. The number of benzene rings is 2. The Balaban J connectivity index is 1.26. The Labute approximate surface area is 244 Å². The van der Waals surface area contributed by atoms with Crippen molar-refractivity contribution in [1.29, 1.82) is 0 Å². The number of nitrogens with one attached hydrogen (secondary N) is 3. The van der Waals surface area contributed by atoms with Crippen LogP contribution in [0.5, 0.6) is 5.88 Å². The quantitative estimate of drug-likeness (QED) is 0.167. The van der Waals surface area contributed by atoms with Crippen LogP contribution in [0.4, 0.5) is 0 Å². The molecule has 1 aliphatic heterocycles. The minimum Gasteiger partial charge on any atom is -0.480 e. The highest BCUT2D eigenvalue weighted by atomic mass is 32.2. The van der Waals surface area contributed by atoms with Crippen molar-refractivity contribution in [1.82, 2.24) is 30.5 Å². The van der Waals surface area contributed by atoms with E-state index in [-0.39, 0.29) is 23.8 Å². The molecule has 10 heteroatoms. The highest BCUT2D eigenvalue weighted by molar-refractivity contribution is 7.98. The first-order valence-electron chi connectivity index (χ1n) is 13.9. The van der Waals surface area contributed by atoms with E-state index < -0.39 is 0 Å². The molecule has 1 aliphatic rings. The van der Waals surface area contributed by atoms with Crippen LogP contribution in [0.1, 0.15) is 41.5 Å². The fourth-order valence-electron chi connectivity index (χ4n) is 5.13. The molecule has 3 heterocycles. The fraction of sp³-hybridized carbons (Fsp3) is 0.355. The minimum atomic E-state index is -0.283. The van der Waals surface area contributed by atoms with Gasteiger partial charge < -0.3 is 25.3 Å². The van der Waals surface area contributed by atoms with Crippen molar-refractivity contribution in [2.75, 3.05) is 40.0 Å². The molecule has 2 aromatic carbocycles. The second-order valence-electron chi connectivity index (χ2n) is 10.4. The van der Waals surface area contributed by atoms with E-state index in [1.165, 1.54) is 0 Å². The van der Waals surface area contributed by atoms with Gasteiger partial charge in [0.05, 0.1) is 47.6 Å². The molecule has 2 aromatic heterocycles. The van der Waals surface area contributed by atoms with E-state index in [2.05, 4.69) is 30.5 Å². The maximum atomic E-state index is 13.0. The predicted molar refractivity (Wildman–Crippen MR) is 162 cm³/mol. The van der Waals surface area contributed by atoms with Gasteiger partial charge in [0.2, 0.25) is 11.8 Å². The fourth-order valence-corrected chi connectivity index (χ4v) is 5.73. The molecule has 0 unspecified atom stereocenters. The van der Waals surface area contributed by atoms with Gasteiger partial charge in [0, 0.05) is 29.9 Å². The van der Waals surface area contributed by atoms with Crippen molar-refractivity contribution in [3.8, 4) is 17.1 Å². The summed E-state index contributed by atoms with van der Waals surface area (Å²) in [5, 5.41) is 7.26. The molecule has 5 rings (SSSR count). The highest BCUT2D eigenvalue weighted by Gasteiger charge is 2.32. The maximum Gasteiger partial charge on any atom is 0.252 e. The summed E-state index contributed by atoms with van der Waals surface area (Å²) in [7, 11) is 3.62. The van der Waals surface area contributed by atoms with E-state index in [1.807, 2.05) is 67.9 Å². The van der Waals surface area contributed by atoms with Crippen LogP contribution in [0.15, 0.2) is 65.7 Å². The molecule has 9 nitrogen and oxygen atoms in total. The minimum absolute atomic E-state index is 0.0162. The summed E-state index contributed by atoms with van der Waals surface area (Å²) in [5.74, 6) is 1.16. The van der Waals surface area contributed by atoms with Gasteiger partial charge in [-0.2, -0.15) is 0 Å². The first-order valence-corrected chi connectivity index (χ1v) is 15.1. The van der Waals surface area contributed by atoms with Crippen molar-refractivity contribution in [2.24, 2.45) is 5.92 Å². The van der Waals surface area contributed by atoms with Gasteiger partial charge in [-0.3, -0.25) is 9.59 Å². The molecule has 3 N–H and O–H groups in total. The Morgan fingerprint density at radius 3 is 2.71 bits per heavy atom. The third kappa shape index (κ3) is 6.71. The van der Waals surface area contributed by atoms with Crippen LogP contribution in [0.25, 0.3) is 22.2 Å². The smallest absolute Gasteiger partial charge is 0.252 e. The summed E-state index contributed by atoms with van der Waals surface area (Å²) >= 11 is 1.56. The lowest BCUT2D eigenvalue weighted by Gasteiger charge is -2.35. The largest absolute Gasteiger partial charge is 0.480 e. The summed E-state index contributed by atoms with van der Waals surface area (Å²) in [6.07, 6.45) is 6.00. The monoisotopic (exact) mass is 572 g/mol. The average Bonchev–Trinajstić information content (AvgIpc) is 3.48. The number of thioether (sulfide) groups is 1. The number of carbonyl (C=O) groups is 2. The maximum absolute atomic E-state index is 13.0. The zero-order chi connectivity index (χ0) is 28.8. The molecule has 2 amide bonds. The lowest BCUT2D eigenvalue weighted by Crippen LogP contribution is -2.52. The standard InChI is InChI=1S/C31H36N6O3S/c1-37-18-21(19-37)29(38)35-25(13-8-9-15-32-30(39)22-11-5-7-14-27(22)41-3)28-33-17-26(34-28)23-16-20-10-4-6-12-24(20)36-31(23)40-2/h4-7,10-12,14,16-17,21,25H,8-9,13,15,18-19H2,1-3H3,(H,32,39)(H,33,34)(H,35,38)/t25-/m0/s1. The number of hydrogen-bond acceptors (Lipinski definition) is 7. The molecule has 4 aromatic rings. The molecular weight excluding hydrogens is 536 g/mol. The van der Waals surface area contributed by atoms with Gasteiger partial charge in [-0.25, -0.2) is 9.97 Å². The summed E-state index contributed by atoms with van der Waals surface area (Å²) in [6.45, 7) is 2.07. The van der Waals surface area contributed by atoms with Crippen molar-refractivity contribution in [2.45, 2.75) is 30.2 Å². The van der Waals surface area contributed by atoms with Gasteiger partial charge in [0.1, 0.15) is 5.82 Å². The van der Waals surface area contributed by atoms with Crippen LogP contribution in [-0.4, -0.2) is 71.7 Å². The van der Waals surface area contributed by atoms with Crippen LogP contribution in [0, 0.1) is 5.92 Å². The molecule has 0 radical (unpaired) electrons. The van der Waals surface area contributed by atoms with Crippen LogP contribution in [-0.2, 0) is 4.79 Å². The zero-order valence-corrected chi connectivity index (χ0v) is 24.5. The highest BCUT2D eigenvalue weighted by Crippen LogP contribution is 2.32. The number of imidazole rings is 1. The number of methoxy groups -OCH3 is 1. The Bertz CT molecular complexity index is 1520. The lowest BCUT2D eigenvalue weighted by atomic mass is 9.99. The van der Waals surface area contributed by atoms with Gasteiger partial charge in [-0.1, -0.05) is 30.3 Å². The Hall–Kier alpha value is -3.89. The van der Waals surface area contributed by atoms with E-state index in [0.717, 1.165) is 53.0 Å². The number of unbranched alkanes of at least 4 members (excludes halogenated alkanes) is 1. The zero-order valence-electron chi connectivity index (χ0n) is 23.6. The number of aromatic nitrogens is 3. The Kier molecular flexibility index (Phi) is 9.21. The van der Waals surface area contributed by atoms with Crippen molar-refractivity contribution < 1.29 is 14.3 Å². The van der Waals surface area contributed by atoms with Crippen LogP contribution in [0.3, 0.4) is 0 Å². The number of nitrogens with zero attached hydrogens (tertiary/aromatic N) is 3. The normalized spacial score (nSPS) is 14.4. The number of para-hydroxylation sites is 1. The van der Waals surface area contributed by atoms with Crippen molar-refractivity contribution >= 4 is 34.5 Å². The number of likely N-dealkylation sites (tertiary alicyclic amines) is 1. The third-order valence-corrected chi connectivity index (χ3v) is 8.20. The Morgan fingerprint density at radius 2 is 1.93 bits per heavy atom. The summed E-state index contributed by atoms with van der Waals surface area (Å²) in [5.41, 5.74) is 3.13. The molecule has 41 heavy (non-hydrogen) atoms. The summed E-state index contributed by atoms with van der Waals surface area (Å²) in [4.78, 5) is 41.5. The molecule has 0 aliphatic carbocycles. The number of ether oxygens (including phenoxy) is 1. The van der Waals surface area contributed by atoms with E-state index in [4.69, 9.17) is 4.74 Å². The van der Waals surface area contributed by atoms with Crippen LogP contribution >= 0.6 is 11.8 Å². The molecule has 0 bridgehead atoms. The van der Waals surface area contributed by atoms with Gasteiger partial charge in [0.25, 0.3) is 5.91 Å². The number of H-pyrrole nitrogens is 1. The van der Waals surface area contributed by atoms with Gasteiger partial charge in [-0.15, -0.1) is 11.8 Å². The van der Waals surface area contributed by atoms with Gasteiger partial charge >= 0.3 is 0 Å². The SMILES string of the molecule is COc1nc2ccccc2cc1-c1cnc([C@H](CCCCNC(=O)c2ccccc2SC)NC(=O)C2CN(C)C2)[nH]1. The summed E-state index contributed by atoms with van der Waals surface area (Å²) in [6, 6.07) is 17.3. The second-order valence-corrected chi connectivity index (χ2v) is 11.2. The summed E-state index contributed by atoms with van der Waals surface area (Å²) < 4.78 is 5.59. The molecular formula is C31H36N6O3S. The number of pyridine rings is 1. The number of fused-ring (bicyclic) bond motifs is 1. The van der Waals surface area contributed by atoms with Crippen LogP contribution in [0.2, 0.25) is 0 Å². The average molecular weight is 573 g/mol. The molecule has 1 saturated heterocycles. The van der Waals surface area contributed by atoms with Crippen molar-refractivity contribution in [3.05, 3.63) is 72.2 Å². The van der Waals surface area contributed by atoms with E-state index >= 15 is 0 Å². The topological polar surface area (TPSA) is 112 Å². The number of amides is 2. The molecule has 1 fully saturated rings. The predicted octanol–water partition coefficient (Wildman–Crippen LogP) is 4.67. The van der Waals surface area contributed by atoms with Crippen LogP contribution < -0.4 is 15.4 Å². The molecule has 214 valence electrons. The number of rotatable bonds is 12. The second kappa shape index (κ2) is 13.2. The van der Waals surface area contributed by atoms with Gasteiger partial charge in [-0.05, 0) is 56.8 Å². The molecule has 1 atom stereocenters. The Morgan fingerprint density at radius 1 is 1.15 bits per heavy atom. The van der Waals surface area contributed by atoms with Crippen molar-refractivity contribution in [3.63, 3.8) is 0 Å². The number of hydrogen-bond donors (Lipinski definition) is 3. The first-order chi connectivity index (χ1) is 20.0. The van der Waals surface area contributed by atoms with E-state index in [9.17, 15) is 9.59 Å². The van der Waals surface area contributed by atoms with E-state index in [0.29, 0.717) is 30.2 Å². The third-order valence-electron chi connectivity index (χ3n) is 7.41. The number of carbonyl (C=O) groups excluding carboxylic acids is 2. The van der Waals surface area contributed by atoms with E-state index in [1.54, 1.807) is 25.1 Å². The van der Waals surface area contributed by atoms with Gasteiger partial charge in [0.15, 0.2) is 0 Å².